The lowest BCUT2D eigenvalue weighted by Gasteiger charge is -2.51. The van der Waals surface area contributed by atoms with Crippen molar-refractivity contribution >= 4 is 11.7 Å². The molecule has 1 aromatic carbocycles. The van der Waals surface area contributed by atoms with Crippen molar-refractivity contribution in [3.63, 3.8) is 0 Å². The highest BCUT2D eigenvalue weighted by atomic mass is 19.1. The predicted molar refractivity (Wildman–Crippen MR) is 98.4 cm³/mol. The summed E-state index contributed by atoms with van der Waals surface area (Å²) in [6.07, 6.45) is 6.80. The second-order valence-electron chi connectivity index (χ2n) is 7.14. The summed E-state index contributed by atoms with van der Waals surface area (Å²) >= 11 is 0. The van der Waals surface area contributed by atoms with E-state index in [9.17, 15) is 9.18 Å². The van der Waals surface area contributed by atoms with Crippen LogP contribution in [-0.2, 0) is 6.42 Å². The van der Waals surface area contributed by atoms with Crippen LogP contribution in [-0.4, -0.2) is 41.1 Å². The highest BCUT2D eigenvalue weighted by Gasteiger charge is 2.42. The maximum absolute atomic E-state index is 13.0. The second-order valence-corrected chi connectivity index (χ2v) is 7.14. The number of carbonyl (C=O) groups is 1. The maximum atomic E-state index is 13.0. The van der Waals surface area contributed by atoms with Crippen molar-refractivity contribution in [3.8, 4) is 0 Å². The number of hydrogen-bond donors (Lipinski definition) is 2. The molecule has 3 aliphatic heterocycles. The van der Waals surface area contributed by atoms with E-state index in [-0.39, 0.29) is 23.9 Å². The number of pyridine rings is 1. The predicted octanol–water partition coefficient (Wildman–Crippen LogP) is 3.05. The number of aromatic nitrogens is 1. The summed E-state index contributed by atoms with van der Waals surface area (Å²) in [5, 5.41) is 5.99. The Kier molecular flexibility index (Phi) is 4.84. The molecular formula is C20H23FN4O. The Morgan fingerprint density at radius 3 is 2.65 bits per heavy atom. The number of piperidine rings is 3. The van der Waals surface area contributed by atoms with Crippen molar-refractivity contribution in [3.05, 3.63) is 60.2 Å². The van der Waals surface area contributed by atoms with Gasteiger partial charge in [-0.3, -0.25) is 9.88 Å². The number of nitrogens with zero attached hydrogens (tertiary/aromatic N) is 2. The van der Waals surface area contributed by atoms with E-state index in [4.69, 9.17) is 0 Å². The van der Waals surface area contributed by atoms with Gasteiger partial charge in [0.25, 0.3) is 0 Å². The van der Waals surface area contributed by atoms with E-state index in [0.717, 1.165) is 32.4 Å². The summed E-state index contributed by atoms with van der Waals surface area (Å²) in [6.45, 7) is 2.18. The lowest BCUT2D eigenvalue weighted by Crippen LogP contribution is -2.64. The third-order valence-electron chi connectivity index (χ3n) is 5.53. The molecule has 4 heterocycles. The molecule has 0 radical (unpaired) electrons. The molecule has 136 valence electrons. The molecule has 2 N–H and O–H groups in total. The molecule has 5 nitrogen and oxygen atoms in total. The number of carbonyl (C=O) groups excluding carboxylic acids is 1. The smallest absolute Gasteiger partial charge is 0.319 e. The van der Waals surface area contributed by atoms with E-state index in [0.29, 0.717) is 11.6 Å². The first-order chi connectivity index (χ1) is 12.7. The highest BCUT2D eigenvalue weighted by Crippen LogP contribution is 2.34. The Hall–Kier alpha value is -2.47. The fraction of sp³-hybridized carbons (Fsp3) is 0.400. The molecule has 0 aliphatic carbocycles. The van der Waals surface area contributed by atoms with E-state index >= 15 is 0 Å². The van der Waals surface area contributed by atoms with Gasteiger partial charge >= 0.3 is 6.03 Å². The van der Waals surface area contributed by atoms with Gasteiger partial charge in [-0.25, -0.2) is 9.18 Å². The van der Waals surface area contributed by atoms with Crippen LogP contribution in [0.1, 0.15) is 18.4 Å². The van der Waals surface area contributed by atoms with Crippen LogP contribution in [0.25, 0.3) is 0 Å². The van der Waals surface area contributed by atoms with Crippen LogP contribution >= 0.6 is 0 Å². The van der Waals surface area contributed by atoms with Crippen LogP contribution in [0.2, 0.25) is 0 Å². The van der Waals surface area contributed by atoms with Crippen molar-refractivity contribution in [1.29, 1.82) is 0 Å². The SMILES string of the molecule is O=C(Nc1ccc(F)cc1)N[C@@H]1C2CCN(CC2)[C@H]1Cc1cccnc1. The first kappa shape index (κ1) is 17.0. The summed E-state index contributed by atoms with van der Waals surface area (Å²) in [4.78, 5) is 19.2. The standard InChI is InChI=1S/C20H23FN4O/c21-16-3-5-17(6-4-16)23-20(26)24-19-15-7-10-25(11-8-15)18(19)12-14-2-1-9-22-13-14/h1-6,9,13,15,18-19H,7-8,10-12H2,(H2,23,24,26)/t18-,19+/m0/s1. The molecule has 0 saturated carbocycles. The van der Waals surface area contributed by atoms with Crippen molar-refractivity contribution in [2.24, 2.45) is 5.92 Å². The molecule has 2 aromatic rings. The average Bonchev–Trinajstić information content (AvgIpc) is 2.67. The molecule has 6 heteroatoms. The Morgan fingerprint density at radius 2 is 1.96 bits per heavy atom. The number of nitrogens with one attached hydrogen (secondary N) is 2. The first-order valence-electron chi connectivity index (χ1n) is 9.15. The molecule has 0 unspecified atom stereocenters. The zero-order valence-electron chi connectivity index (χ0n) is 14.6. The van der Waals surface area contributed by atoms with Gasteiger partial charge in [-0.15, -0.1) is 0 Å². The number of rotatable bonds is 4. The Labute approximate surface area is 152 Å². The Morgan fingerprint density at radius 1 is 1.19 bits per heavy atom. The quantitative estimate of drug-likeness (QED) is 0.887. The highest BCUT2D eigenvalue weighted by molar-refractivity contribution is 5.89. The molecule has 0 spiro atoms. The number of halogens is 1. The number of urea groups is 1. The van der Waals surface area contributed by atoms with Gasteiger partial charge in [-0.05, 0) is 74.2 Å². The van der Waals surface area contributed by atoms with Gasteiger partial charge < -0.3 is 10.6 Å². The Bertz CT molecular complexity index is 744. The largest absolute Gasteiger partial charge is 0.333 e. The van der Waals surface area contributed by atoms with Crippen molar-refractivity contribution in [2.45, 2.75) is 31.3 Å². The van der Waals surface area contributed by atoms with E-state index in [1.54, 1.807) is 18.3 Å². The van der Waals surface area contributed by atoms with Crippen LogP contribution in [0, 0.1) is 11.7 Å². The number of benzene rings is 1. The number of fused-ring (bicyclic) bond motifs is 3. The number of hydrogen-bond acceptors (Lipinski definition) is 3. The fourth-order valence-electron chi connectivity index (χ4n) is 4.23. The van der Waals surface area contributed by atoms with Crippen molar-refractivity contribution in [1.82, 2.24) is 15.2 Å². The van der Waals surface area contributed by atoms with E-state index in [1.165, 1.54) is 17.7 Å². The van der Waals surface area contributed by atoms with Gasteiger partial charge in [0.2, 0.25) is 0 Å². The van der Waals surface area contributed by atoms with Crippen molar-refractivity contribution in [2.75, 3.05) is 18.4 Å². The van der Waals surface area contributed by atoms with Gasteiger partial charge in [0, 0.05) is 30.2 Å². The molecule has 26 heavy (non-hydrogen) atoms. The fourth-order valence-corrected chi connectivity index (χ4v) is 4.23. The zero-order valence-corrected chi connectivity index (χ0v) is 14.6. The summed E-state index contributed by atoms with van der Waals surface area (Å²) < 4.78 is 13.0. The summed E-state index contributed by atoms with van der Waals surface area (Å²) in [6, 6.07) is 10.0. The minimum atomic E-state index is -0.315. The summed E-state index contributed by atoms with van der Waals surface area (Å²) in [7, 11) is 0. The molecule has 3 fully saturated rings. The maximum Gasteiger partial charge on any atom is 0.319 e. The minimum Gasteiger partial charge on any atom is -0.333 e. The van der Waals surface area contributed by atoms with Crippen LogP contribution in [0.4, 0.5) is 14.9 Å². The Balaban J connectivity index is 1.45. The van der Waals surface area contributed by atoms with Gasteiger partial charge in [0.15, 0.2) is 0 Å². The van der Waals surface area contributed by atoms with Gasteiger partial charge in [0.1, 0.15) is 5.82 Å². The lowest BCUT2D eigenvalue weighted by molar-refractivity contribution is 0.0184. The zero-order chi connectivity index (χ0) is 17.9. The molecule has 2 amide bonds. The monoisotopic (exact) mass is 354 g/mol. The third kappa shape index (κ3) is 3.70. The van der Waals surface area contributed by atoms with E-state index < -0.39 is 0 Å². The van der Waals surface area contributed by atoms with Gasteiger partial charge in [0.05, 0.1) is 0 Å². The van der Waals surface area contributed by atoms with Crippen LogP contribution in [0.3, 0.4) is 0 Å². The molecular weight excluding hydrogens is 331 g/mol. The minimum absolute atomic E-state index is 0.109. The molecule has 1 aromatic heterocycles. The van der Waals surface area contributed by atoms with Crippen LogP contribution in [0.5, 0.6) is 0 Å². The van der Waals surface area contributed by atoms with Gasteiger partial charge in [-0.2, -0.15) is 0 Å². The van der Waals surface area contributed by atoms with Crippen LogP contribution < -0.4 is 10.6 Å². The lowest BCUT2D eigenvalue weighted by atomic mass is 9.77. The van der Waals surface area contributed by atoms with Crippen molar-refractivity contribution < 1.29 is 9.18 Å². The van der Waals surface area contributed by atoms with Crippen LogP contribution in [0.15, 0.2) is 48.8 Å². The number of amides is 2. The first-order valence-corrected chi connectivity index (χ1v) is 9.15. The molecule has 3 saturated heterocycles. The van der Waals surface area contributed by atoms with E-state index in [2.05, 4.69) is 26.6 Å². The topological polar surface area (TPSA) is 57.3 Å². The average molecular weight is 354 g/mol. The molecule has 2 bridgehead atoms. The van der Waals surface area contributed by atoms with E-state index in [1.807, 2.05) is 12.3 Å². The second kappa shape index (κ2) is 7.41. The summed E-state index contributed by atoms with van der Waals surface area (Å²) in [5.41, 5.74) is 1.78. The molecule has 3 aliphatic rings. The van der Waals surface area contributed by atoms with Gasteiger partial charge in [-0.1, -0.05) is 6.07 Å². The summed E-state index contributed by atoms with van der Waals surface area (Å²) in [5.74, 6) is 0.186. The molecule has 5 rings (SSSR count). The third-order valence-corrected chi connectivity index (χ3v) is 5.53. The normalized spacial score (nSPS) is 27.1. The molecule has 2 atom stereocenters. The number of anilines is 1.